The summed E-state index contributed by atoms with van der Waals surface area (Å²) in [4.78, 5) is 16.5. The number of hydrogen-bond acceptors (Lipinski definition) is 2. The van der Waals surface area contributed by atoms with Crippen LogP contribution in [0.3, 0.4) is 0 Å². The van der Waals surface area contributed by atoms with Crippen LogP contribution in [0.4, 0.5) is 10.6 Å². The number of halogens is 2. The molecule has 0 aliphatic heterocycles. The van der Waals surface area contributed by atoms with Gasteiger partial charge in [-0.1, -0.05) is 53.5 Å². The first-order valence-electron chi connectivity index (χ1n) is 8.05. The first kappa shape index (κ1) is 18.2. The molecule has 3 aromatic rings. The summed E-state index contributed by atoms with van der Waals surface area (Å²) in [6.45, 7) is 2.24. The van der Waals surface area contributed by atoms with Crippen molar-refractivity contribution in [1.82, 2.24) is 10.3 Å². The molecule has 0 saturated heterocycles. The Kier molecular flexibility index (Phi) is 5.76. The lowest BCUT2D eigenvalue weighted by Crippen LogP contribution is -2.28. The van der Waals surface area contributed by atoms with E-state index in [9.17, 15) is 4.79 Å². The molecule has 132 valence electrons. The summed E-state index contributed by atoms with van der Waals surface area (Å²) in [5.41, 5.74) is 3.68. The second-order valence-corrected chi connectivity index (χ2v) is 6.58. The molecule has 0 spiro atoms. The van der Waals surface area contributed by atoms with Crippen molar-refractivity contribution in [2.24, 2.45) is 0 Å². The van der Waals surface area contributed by atoms with Crippen molar-refractivity contribution in [2.45, 2.75) is 13.5 Å². The van der Waals surface area contributed by atoms with Gasteiger partial charge in [-0.05, 0) is 48.4 Å². The highest BCUT2D eigenvalue weighted by Crippen LogP contribution is 2.25. The Morgan fingerprint density at radius 3 is 2.42 bits per heavy atom. The number of pyridine rings is 1. The van der Waals surface area contributed by atoms with Crippen molar-refractivity contribution in [3.63, 3.8) is 0 Å². The van der Waals surface area contributed by atoms with E-state index in [0.717, 1.165) is 22.4 Å². The number of rotatable bonds is 4. The van der Waals surface area contributed by atoms with Gasteiger partial charge in [-0.25, -0.2) is 9.78 Å². The third-order valence-electron chi connectivity index (χ3n) is 3.88. The molecule has 0 unspecified atom stereocenters. The Balaban J connectivity index is 1.65. The lowest BCUT2D eigenvalue weighted by Gasteiger charge is -2.11. The number of amides is 2. The van der Waals surface area contributed by atoms with Gasteiger partial charge in [-0.2, -0.15) is 0 Å². The number of hydrogen-bond donors (Lipinski definition) is 2. The maximum Gasteiger partial charge on any atom is 0.320 e. The highest BCUT2D eigenvalue weighted by molar-refractivity contribution is 6.31. The highest BCUT2D eigenvalue weighted by Gasteiger charge is 2.08. The zero-order valence-corrected chi connectivity index (χ0v) is 15.6. The van der Waals surface area contributed by atoms with Crippen molar-refractivity contribution >= 4 is 35.1 Å². The summed E-state index contributed by atoms with van der Waals surface area (Å²) in [6, 6.07) is 18.3. The van der Waals surface area contributed by atoms with Crippen LogP contribution in [0.1, 0.15) is 11.3 Å². The number of aryl methyl sites for hydroxylation is 1. The molecule has 0 atom stereocenters. The van der Waals surface area contributed by atoms with E-state index in [1.807, 2.05) is 55.5 Å². The van der Waals surface area contributed by atoms with Crippen molar-refractivity contribution in [3.8, 4) is 11.1 Å². The maximum absolute atomic E-state index is 12.1. The average Bonchev–Trinajstić information content (AvgIpc) is 2.62. The highest BCUT2D eigenvalue weighted by atomic mass is 35.5. The summed E-state index contributed by atoms with van der Waals surface area (Å²) < 4.78 is 0. The van der Waals surface area contributed by atoms with Crippen LogP contribution in [0.15, 0.2) is 60.7 Å². The van der Waals surface area contributed by atoms with Crippen LogP contribution in [0.25, 0.3) is 11.1 Å². The molecule has 4 nitrogen and oxygen atoms in total. The van der Waals surface area contributed by atoms with E-state index in [2.05, 4.69) is 15.6 Å². The Labute approximate surface area is 162 Å². The summed E-state index contributed by atoms with van der Waals surface area (Å²) in [7, 11) is 0. The fourth-order valence-electron chi connectivity index (χ4n) is 2.54. The second kappa shape index (κ2) is 8.21. The second-order valence-electron chi connectivity index (χ2n) is 5.74. The van der Waals surface area contributed by atoms with Gasteiger partial charge in [0.25, 0.3) is 0 Å². The van der Waals surface area contributed by atoms with Gasteiger partial charge < -0.3 is 5.32 Å². The molecule has 2 amide bonds. The number of aromatic nitrogens is 1. The normalized spacial score (nSPS) is 10.4. The van der Waals surface area contributed by atoms with Crippen molar-refractivity contribution in [2.75, 3.05) is 5.32 Å². The Hall–Kier alpha value is -2.56. The van der Waals surface area contributed by atoms with Gasteiger partial charge in [-0.15, -0.1) is 0 Å². The van der Waals surface area contributed by atoms with E-state index < -0.39 is 0 Å². The summed E-state index contributed by atoms with van der Waals surface area (Å²) in [5.74, 6) is 0.483. The number of benzene rings is 2. The van der Waals surface area contributed by atoms with Gasteiger partial charge in [-0.3, -0.25) is 5.32 Å². The molecule has 3 rings (SSSR count). The van der Waals surface area contributed by atoms with Crippen LogP contribution in [0.5, 0.6) is 0 Å². The molecule has 0 saturated carbocycles. The van der Waals surface area contributed by atoms with Crippen LogP contribution in [-0.4, -0.2) is 11.0 Å². The van der Waals surface area contributed by atoms with Crippen LogP contribution in [-0.2, 0) is 6.54 Å². The number of carbonyl (C=O) groups is 1. The van der Waals surface area contributed by atoms with E-state index in [4.69, 9.17) is 23.2 Å². The quantitative estimate of drug-likeness (QED) is 0.606. The molecule has 2 N–H and O–H groups in total. The third-order valence-corrected chi connectivity index (χ3v) is 4.50. The van der Waals surface area contributed by atoms with Gasteiger partial charge in [0.2, 0.25) is 0 Å². The maximum atomic E-state index is 12.1. The van der Waals surface area contributed by atoms with Crippen molar-refractivity contribution < 1.29 is 4.79 Å². The van der Waals surface area contributed by atoms with Crippen LogP contribution in [0.2, 0.25) is 10.0 Å². The molecule has 1 heterocycles. The molecule has 2 aromatic carbocycles. The molecular weight excluding hydrogens is 369 g/mol. The SMILES string of the molecule is Cc1nc(NC(=O)NCc2ccccc2Cl)ccc1-c1ccc(Cl)cc1. The molecule has 6 heteroatoms. The van der Waals surface area contributed by atoms with E-state index in [0.29, 0.717) is 22.4 Å². The predicted molar refractivity (Wildman–Crippen MR) is 107 cm³/mol. The number of anilines is 1. The standard InChI is InChI=1S/C20H17Cl2N3O/c1-13-17(14-6-8-16(21)9-7-14)10-11-19(24-13)25-20(26)23-12-15-4-2-3-5-18(15)22/h2-11H,12H2,1H3,(H2,23,24,25,26). The van der Waals surface area contributed by atoms with E-state index in [-0.39, 0.29) is 6.03 Å². The number of urea groups is 1. The summed E-state index contributed by atoms with van der Waals surface area (Å²) >= 11 is 12.0. The Morgan fingerprint density at radius 1 is 1.00 bits per heavy atom. The van der Waals surface area contributed by atoms with Gasteiger partial charge >= 0.3 is 6.03 Å². The fraction of sp³-hybridized carbons (Fsp3) is 0.100. The van der Waals surface area contributed by atoms with Crippen LogP contribution >= 0.6 is 23.2 Å². The Bertz CT molecular complexity index is 927. The van der Waals surface area contributed by atoms with E-state index in [1.165, 1.54) is 0 Å². The lowest BCUT2D eigenvalue weighted by atomic mass is 10.0. The predicted octanol–water partition coefficient (Wildman–Crippen LogP) is 5.69. The molecule has 0 bridgehead atoms. The minimum absolute atomic E-state index is 0.337. The molecule has 0 fully saturated rings. The summed E-state index contributed by atoms with van der Waals surface area (Å²) in [5, 5.41) is 6.81. The smallest absolute Gasteiger partial charge is 0.320 e. The fourth-order valence-corrected chi connectivity index (χ4v) is 2.87. The van der Waals surface area contributed by atoms with Crippen molar-refractivity contribution in [3.05, 3.63) is 82.0 Å². The minimum atomic E-state index is -0.337. The third kappa shape index (κ3) is 4.54. The van der Waals surface area contributed by atoms with Crippen molar-refractivity contribution in [1.29, 1.82) is 0 Å². The Morgan fingerprint density at radius 2 is 1.73 bits per heavy atom. The molecule has 0 radical (unpaired) electrons. The number of nitrogens with one attached hydrogen (secondary N) is 2. The molecule has 0 aliphatic rings. The minimum Gasteiger partial charge on any atom is -0.334 e. The molecule has 0 aliphatic carbocycles. The number of nitrogens with zero attached hydrogens (tertiary/aromatic N) is 1. The average molecular weight is 386 g/mol. The van der Waals surface area contributed by atoms with Gasteiger partial charge in [0.1, 0.15) is 5.82 Å². The summed E-state index contributed by atoms with van der Waals surface area (Å²) in [6.07, 6.45) is 0. The van der Waals surface area contributed by atoms with E-state index >= 15 is 0 Å². The molecule has 26 heavy (non-hydrogen) atoms. The van der Waals surface area contributed by atoms with E-state index in [1.54, 1.807) is 12.1 Å². The van der Waals surface area contributed by atoms with Crippen LogP contribution < -0.4 is 10.6 Å². The van der Waals surface area contributed by atoms with Gasteiger partial charge in [0.05, 0.1) is 0 Å². The first-order chi connectivity index (χ1) is 12.5. The largest absolute Gasteiger partial charge is 0.334 e. The zero-order chi connectivity index (χ0) is 18.5. The van der Waals surface area contributed by atoms with Gasteiger partial charge in [0, 0.05) is 27.8 Å². The molecule has 1 aromatic heterocycles. The zero-order valence-electron chi connectivity index (χ0n) is 14.1. The topological polar surface area (TPSA) is 54.0 Å². The number of carbonyl (C=O) groups excluding carboxylic acids is 1. The van der Waals surface area contributed by atoms with Gasteiger partial charge in [0.15, 0.2) is 0 Å². The lowest BCUT2D eigenvalue weighted by molar-refractivity contribution is 0.251. The first-order valence-corrected chi connectivity index (χ1v) is 8.80. The monoisotopic (exact) mass is 385 g/mol. The molecular formula is C20H17Cl2N3O. The van der Waals surface area contributed by atoms with Crippen LogP contribution in [0, 0.1) is 6.92 Å².